The third kappa shape index (κ3) is 3.83. The van der Waals surface area contributed by atoms with Gasteiger partial charge in [-0.2, -0.15) is 0 Å². The van der Waals surface area contributed by atoms with Gasteiger partial charge in [0.2, 0.25) is 0 Å². The average molecular weight is 475 g/mol. The minimum atomic E-state index is -0.559. The predicted octanol–water partition coefficient (Wildman–Crippen LogP) is 6.80. The highest BCUT2D eigenvalue weighted by molar-refractivity contribution is 6.12. The molecule has 0 unspecified atom stereocenters. The van der Waals surface area contributed by atoms with E-state index in [0.29, 0.717) is 24.0 Å². The van der Waals surface area contributed by atoms with Gasteiger partial charge in [0.1, 0.15) is 5.76 Å². The summed E-state index contributed by atoms with van der Waals surface area (Å²) in [4.78, 5) is 29.9. The summed E-state index contributed by atoms with van der Waals surface area (Å²) in [6.07, 6.45) is 2.60. The summed E-state index contributed by atoms with van der Waals surface area (Å²) in [6.45, 7) is 2.00. The maximum atomic E-state index is 14.2. The third-order valence-electron chi connectivity index (χ3n) is 7.07. The van der Waals surface area contributed by atoms with Crippen molar-refractivity contribution < 1.29 is 14.0 Å². The fraction of sp³-hybridized carbons (Fsp3) is 0.161. The first-order valence-corrected chi connectivity index (χ1v) is 12.2. The molecule has 4 aromatic rings. The van der Waals surface area contributed by atoms with Crippen LogP contribution in [0.2, 0.25) is 0 Å². The number of rotatable bonds is 3. The van der Waals surface area contributed by atoms with Gasteiger partial charge >= 0.3 is 0 Å². The molecule has 1 aromatic heterocycles. The van der Waals surface area contributed by atoms with E-state index in [1.165, 1.54) is 0 Å². The fourth-order valence-electron chi connectivity index (χ4n) is 5.32. The Morgan fingerprint density at radius 1 is 0.889 bits per heavy atom. The van der Waals surface area contributed by atoms with E-state index in [0.717, 1.165) is 34.0 Å². The van der Waals surface area contributed by atoms with Crippen LogP contribution in [-0.2, 0) is 4.79 Å². The van der Waals surface area contributed by atoms with Gasteiger partial charge in [-0.3, -0.25) is 14.5 Å². The number of fused-ring (bicyclic) bond motifs is 1. The van der Waals surface area contributed by atoms with Gasteiger partial charge in [-0.05, 0) is 55.3 Å². The number of para-hydroxylation sites is 2. The van der Waals surface area contributed by atoms with E-state index < -0.39 is 6.04 Å². The SMILES string of the molecule is Cc1ccc(C(=O)N2c3ccccc3NC3=C(C(=O)C[C@@H](c4ccco4)C3)[C@@H]2c2ccccc2)cc1. The van der Waals surface area contributed by atoms with Crippen LogP contribution in [0.15, 0.2) is 113 Å². The number of hydrogen-bond acceptors (Lipinski definition) is 4. The minimum absolute atomic E-state index is 0.0218. The number of hydrogen-bond donors (Lipinski definition) is 1. The predicted molar refractivity (Wildman–Crippen MR) is 140 cm³/mol. The van der Waals surface area contributed by atoms with Crippen LogP contribution in [0, 0.1) is 6.92 Å². The van der Waals surface area contributed by atoms with E-state index in [9.17, 15) is 9.59 Å². The molecule has 2 heterocycles. The van der Waals surface area contributed by atoms with Gasteiger partial charge in [-0.15, -0.1) is 0 Å². The fourth-order valence-corrected chi connectivity index (χ4v) is 5.32. The number of Topliss-reactive ketones (excluding diaryl/α,β-unsaturated/α-hetero) is 1. The molecule has 0 radical (unpaired) electrons. The zero-order chi connectivity index (χ0) is 24.6. The van der Waals surface area contributed by atoms with Crippen molar-refractivity contribution in [3.8, 4) is 0 Å². The first-order chi connectivity index (χ1) is 17.6. The van der Waals surface area contributed by atoms with Gasteiger partial charge in [0.15, 0.2) is 5.78 Å². The van der Waals surface area contributed by atoms with E-state index in [4.69, 9.17) is 4.42 Å². The lowest BCUT2D eigenvalue weighted by atomic mass is 9.80. The molecule has 5 nitrogen and oxygen atoms in total. The number of nitrogens with zero attached hydrogens (tertiary/aromatic N) is 1. The summed E-state index contributed by atoms with van der Waals surface area (Å²) in [5, 5.41) is 3.55. The number of furan rings is 1. The van der Waals surface area contributed by atoms with Gasteiger partial charge < -0.3 is 9.73 Å². The molecule has 6 rings (SSSR count). The van der Waals surface area contributed by atoms with Crippen LogP contribution < -0.4 is 10.2 Å². The molecule has 3 aromatic carbocycles. The molecule has 1 aliphatic heterocycles. The van der Waals surface area contributed by atoms with Crippen molar-refractivity contribution >= 4 is 23.1 Å². The van der Waals surface area contributed by atoms with Crippen LogP contribution in [0.1, 0.15) is 52.0 Å². The molecule has 0 bridgehead atoms. The molecular formula is C31H26N2O3. The lowest BCUT2D eigenvalue weighted by Crippen LogP contribution is -2.38. The summed E-state index contributed by atoms with van der Waals surface area (Å²) in [6, 6.07) is 28.4. The molecule has 5 heteroatoms. The monoisotopic (exact) mass is 474 g/mol. The molecule has 1 aliphatic carbocycles. The van der Waals surface area contributed by atoms with Crippen LogP contribution in [0.5, 0.6) is 0 Å². The molecule has 2 atom stereocenters. The lowest BCUT2D eigenvalue weighted by Gasteiger charge is -2.35. The van der Waals surface area contributed by atoms with Crippen LogP contribution in [0.4, 0.5) is 11.4 Å². The van der Waals surface area contributed by atoms with Crippen molar-refractivity contribution in [3.63, 3.8) is 0 Å². The van der Waals surface area contributed by atoms with Crippen molar-refractivity contribution in [2.24, 2.45) is 0 Å². The Kier molecular flexibility index (Phi) is 5.53. The van der Waals surface area contributed by atoms with Crippen LogP contribution in [-0.4, -0.2) is 11.7 Å². The molecule has 0 saturated heterocycles. The molecular weight excluding hydrogens is 448 g/mol. The average Bonchev–Trinajstić information content (AvgIpc) is 3.39. The number of carbonyl (C=O) groups is 2. The second-order valence-corrected chi connectivity index (χ2v) is 9.43. The smallest absolute Gasteiger partial charge is 0.259 e. The second kappa shape index (κ2) is 9.00. The number of nitrogens with one attached hydrogen (secondary N) is 1. The highest BCUT2D eigenvalue weighted by Crippen LogP contribution is 2.47. The molecule has 0 spiro atoms. The number of ketones is 1. The summed E-state index contributed by atoms with van der Waals surface area (Å²) >= 11 is 0. The van der Waals surface area contributed by atoms with E-state index in [1.54, 1.807) is 11.2 Å². The zero-order valence-electron chi connectivity index (χ0n) is 20.0. The van der Waals surface area contributed by atoms with Gasteiger partial charge in [0, 0.05) is 29.2 Å². The Hall–Kier alpha value is -4.38. The number of amides is 1. The topological polar surface area (TPSA) is 62.6 Å². The van der Waals surface area contributed by atoms with E-state index in [2.05, 4.69) is 5.32 Å². The molecule has 1 amide bonds. The van der Waals surface area contributed by atoms with Crippen molar-refractivity contribution in [1.29, 1.82) is 0 Å². The second-order valence-electron chi connectivity index (χ2n) is 9.43. The number of aryl methyl sites for hydroxylation is 1. The molecule has 0 saturated carbocycles. The van der Waals surface area contributed by atoms with Crippen LogP contribution in [0.3, 0.4) is 0 Å². The summed E-state index contributed by atoms with van der Waals surface area (Å²) in [7, 11) is 0. The van der Waals surface area contributed by atoms with Gasteiger partial charge in [0.25, 0.3) is 5.91 Å². The summed E-state index contributed by atoms with van der Waals surface area (Å²) in [5.41, 5.74) is 5.59. The van der Waals surface area contributed by atoms with E-state index >= 15 is 0 Å². The third-order valence-corrected chi connectivity index (χ3v) is 7.07. The number of anilines is 2. The van der Waals surface area contributed by atoms with Gasteiger partial charge in [-0.25, -0.2) is 0 Å². The Bertz CT molecular complexity index is 1450. The quantitative estimate of drug-likeness (QED) is 0.355. The first kappa shape index (κ1) is 22.1. The van der Waals surface area contributed by atoms with E-state index in [-0.39, 0.29) is 17.6 Å². The Balaban J connectivity index is 1.56. The van der Waals surface area contributed by atoms with Gasteiger partial charge in [0.05, 0.1) is 23.7 Å². The highest BCUT2D eigenvalue weighted by atomic mass is 16.3. The normalized spacial score (nSPS) is 19.2. The van der Waals surface area contributed by atoms with Crippen molar-refractivity contribution in [2.45, 2.75) is 31.7 Å². The van der Waals surface area contributed by atoms with E-state index in [1.807, 2.05) is 97.9 Å². The Labute approximate surface area is 210 Å². The molecule has 1 N–H and O–H groups in total. The maximum absolute atomic E-state index is 14.2. The Morgan fingerprint density at radius 3 is 2.39 bits per heavy atom. The molecule has 36 heavy (non-hydrogen) atoms. The summed E-state index contributed by atoms with van der Waals surface area (Å²) < 4.78 is 5.67. The lowest BCUT2D eigenvalue weighted by molar-refractivity contribution is -0.116. The largest absolute Gasteiger partial charge is 0.469 e. The van der Waals surface area contributed by atoms with Crippen LogP contribution >= 0.6 is 0 Å². The number of allylic oxidation sites excluding steroid dienone is 1. The Morgan fingerprint density at radius 2 is 1.64 bits per heavy atom. The van der Waals surface area contributed by atoms with Crippen molar-refractivity contribution in [1.82, 2.24) is 0 Å². The number of carbonyl (C=O) groups excluding carboxylic acids is 2. The van der Waals surface area contributed by atoms with Crippen molar-refractivity contribution in [3.05, 3.63) is 131 Å². The minimum Gasteiger partial charge on any atom is -0.469 e. The number of benzene rings is 3. The zero-order valence-corrected chi connectivity index (χ0v) is 20.0. The van der Waals surface area contributed by atoms with Crippen molar-refractivity contribution in [2.75, 3.05) is 10.2 Å². The van der Waals surface area contributed by atoms with Crippen LogP contribution in [0.25, 0.3) is 0 Å². The molecule has 2 aliphatic rings. The van der Waals surface area contributed by atoms with Gasteiger partial charge in [-0.1, -0.05) is 60.2 Å². The molecule has 178 valence electrons. The standard InChI is InChI=1S/C31H26N2O3/c1-20-13-15-22(16-14-20)31(35)33-26-11-6-5-10-24(26)32-25-18-23(28-12-7-17-36-28)19-27(34)29(25)30(33)21-8-3-2-4-9-21/h2-17,23,30,32H,18-19H2,1H3/t23-,30-/m0/s1. The molecule has 0 fully saturated rings. The summed E-state index contributed by atoms with van der Waals surface area (Å²) in [5.74, 6) is 0.626. The maximum Gasteiger partial charge on any atom is 0.259 e. The first-order valence-electron chi connectivity index (χ1n) is 12.2. The highest BCUT2D eigenvalue weighted by Gasteiger charge is 2.42.